The van der Waals surface area contributed by atoms with Crippen LogP contribution in [-0.4, -0.2) is 4.57 Å². The lowest BCUT2D eigenvalue weighted by molar-refractivity contribution is 0.793. The SMILES string of the molecule is O=c1c2ccccc2c2cccc3c2n1-c1ccccc1-c1ccccc1N(c1cccc2c1C1(c4ccccc4-c4ccccc41)c1ccccc1-2)c1ccc(-c2ccccc2)cc1-3. The molecule has 11 aromatic rings. The third-order valence-electron chi connectivity index (χ3n) is 14.4. The minimum absolute atomic E-state index is 0.0391. The van der Waals surface area contributed by atoms with Crippen molar-refractivity contribution in [2.45, 2.75) is 5.41 Å². The van der Waals surface area contributed by atoms with Gasteiger partial charge in [-0.05, 0) is 91.9 Å². The van der Waals surface area contributed by atoms with Gasteiger partial charge in [0.25, 0.3) is 5.56 Å². The molecular weight excluding hydrogens is 789 g/mol. The maximum Gasteiger partial charge on any atom is 0.263 e. The van der Waals surface area contributed by atoms with Gasteiger partial charge in [0.15, 0.2) is 0 Å². The highest BCUT2D eigenvalue weighted by Gasteiger charge is 2.53. The number of hydrogen-bond acceptors (Lipinski definition) is 2. The molecule has 1 aromatic heterocycles. The molecule has 0 atom stereocenters. The van der Waals surface area contributed by atoms with Gasteiger partial charge in [-0.15, -0.1) is 0 Å². The fraction of sp³-hybridized carbons (Fsp3) is 0.0161. The molecule has 0 saturated carbocycles. The summed E-state index contributed by atoms with van der Waals surface area (Å²) in [7, 11) is 0. The molecule has 1 aliphatic heterocycles. The van der Waals surface area contributed by atoms with Crippen molar-refractivity contribution in [2.75, 3.05) is 4.90 Å². The van der Waals surface area contributed by atoms with Crippen molar-refractivity contribution in [1.82, 2.24) is 4.57 Å². The summed E-state index contributed by atoms with van der Waals surface area (Å²) in [4.78, 5) is 17.9. The lowest BCUT2D eigenvalue weighted by Gasteiger charge is -2.37. The van der Waals surface area contributed by atoms with Crippen molar-refractivity contribution in [3.63, 3.8) is 0 Å². The summed E-state index contributed by atoms with van der Waals surface area (Å²) in [6.45, 7) is 0. The fourth-order valence-electron chi connectivity index (χ4n) is 11.8. The Morgan fingerprint density at radius 3 is 1.49 bits per heavy atom. The Hall–Kier alpha value is -8.53. The first-order valence-electron chi connectivity index (χ1n) is 22.4. The van der Waals surface area contributed by atoms with Crippen molar-refractivity contribution >= 4 is 38.7 Å². The zero-order valence-electron chi connectivity index (χ0n) is 35.2. The number of rotatable bonds is 2. The van der Waals surface area contributed by atoms with Gasteiger partial charge in [-0.1, -0.05) is 194 Å². The molecule has 3 heteroatoms. The lowest BCUT2D eigenvalue weighted by atomic mass is 9.70. The Morgan fingerprint density at radius 1 is 0.308 bits per heavy atom. The van der Waals surface area contributed by atoms with Gasteiger partial charge in [0, 0.05) is 38.6 Å². The number of para-hydroxylation sites is 3. The molecule has 65 heavy (non-hydrogen) atoms. The highest BCUT2D eigenvalue weighted by molar-refractivity contribution is 6.13. The van der Waals surface area contributed by atoms with E-state index in [4.69, 9.17) is 0 Å². The smallest absolute Gasteiger partial charge is 0.263 e. The summed E-state index contributed by atoms with van der Waals surface area (Å²) in [5, 5.41) is 2.66. The third kappa shape index (κ3) is 4.76. The second kappa shape index (κ2) is 13.5. The van der Waals surface area contributed by atoms with Crippen LogP contribution in [0.25, 0.3) is 83.0 Å². The average Bonchev–Trinajstić information content (AvgIpc) is 3.85. The van der Waals surface area contributed by atoms with E-state index in [9.17, 15) is 0 Å². The zero-order valence-corrected chi connectivity index (χ0v) is 35.2. The Bertz CT molecular complexity index is 3820. The van der Waals surface area contributed by atoms with Gasteiger partial charge in [-0.25, -0.2) is 0 Å². The largest absolute Gasteiger partial charge is 0.309 e. The monoisotopic (exact) mass is 826 g/mol. The molecular formula is C62H38N2O. The minimum atomic E-state index is -0.596. The minimum Gasteiger partial charge on any atom is -0.309 e. The molecule has 10 aromatic carbocycles. The number of hydrogen-bond donors (Lipinski definition) is 0. The fourth-order valence-corrected chi connectivity index (χ4v) is 11.8. The second-order valence-corrected chi connectivity index (χ2v) is 17.4. The van der Waals surface area contributed by atoms with E-state index in [0.29, 0.717) is 5.39 Å². The molecule has 2 aliphatic carbocycles. The maximum atomic E-state index is 15.3. The molecule has 0 bridgehead atoms. The average molecular weight is 827 g/mol. The third-order valence-corrected chi connectivity index (χ3v) is 14.4. The number of aromatic nitrogens is 1. The normalized spacial score (nSPS) is 13.4. The van der Waals surface area contributed by atoms with Crippen LogP contribution >= 0.6 is 0 Å². The van der Waals surface area contributed by atoms with Crippen LogP contribution in [0.5, 0.6) is 0 Å². The van der Waals surface area contributed by atoms with Gasteiger partial charge < -0.3 is 4.90 Å². The van der Waals surface area contributed by atoms with E-state index < -0.39 is 5.41 Å². The lowest BCUT2D eigenvalue weighted by Crippen LogP contribution is -2.28. The molecule has 0 N–H and O–H groups in total. The number of pyridine rings is 1. The molecule has 302 valence electrons. The Morgan fingerprint density at radius 2 is 0.785 bits per heavy atom. The highest BCUT2D eigenvalue weighted by Crippen LogP contribution is 2.66. The van der Waals surface area contributed by atoms with Crippen LogP contribution in [0.4, 0.5) is 17.1 Å². The molecule has 0 saturated heterocycles. The standard InChI is InChI=1S/C62H38N2O/c65-61-50-26-5-4-20-41(50)48-28-16-29-49-51-38-40(39-18-2-1-3-19-39)36-37-57(51)63(55-33-14-9-24-45(55)46-25-10-15-34-56(46)64(61)60(48)49)58-35-17-27-47-44-23-8-13-32-54(44)62(59(47)58)52-30-11-6-21-42(52)43-22-7-12-31-53(43)62/h1-38H. The van der Waals surface area contributed by atoms with Gasteiger partial charge >= 0.3 is 0 Å². The molecule has 1 spiro atoms. The predicted molar refractivity (Wildman–Crippen MR) is 268 cm³/mol. The quantitative estimate of drug-likeness (QED) is 0.162. The van der Waals surface area contributed by atoms with Crippen LogP contribution in [-0.2, 0) is 5.41 Å². The predicted octanol–water partition coefficient (Wildman–Crippen LogP) is 15.3. The number of anilines is 3. The van der Waals surface area contributed by atoms with Crippen molar-refractivity contribution in [1.29, 1.82) is 0 Å². The Labute approximate surface area is 376 Å². The molecule has 0 fully saturated rings. The second-order valence-electron chi connectivity index (χ2n) is 17.4. The summed E-state index contributed by atoms with van der Waals surface area (Å²) in [5.41, 5.74) is 20.7. The first kappa shape index (κ1) is 36.0. The van der Waals surface area contributed by atoms with E-state index in [-0.39, 0.29) is 5.56 Å². The number of nitrogens with zero attached hydrogens (tertiary/aromatic N) is 2. The van der Waals surface area contributed by atoms with E-state index in [2.05, 4.69) is 217 Å². The van der Waals surface area contributed by atoms with Gasteiger partial charge in [0.05, 0.1) is 33.7 Å². The van der Waals surface area contributed by atoms with Crippen LogP contribution in [0.2, 0.25) is 0 Å². The van der Waals surface area contributed by atoms with Crippen molar-refractivity contribution in [3.8, 4) is 61.3 Å². The van der Waals surface area contributed by atoms with Crippen LogP contribution in [0.1, 0.15) is 22.3 Å². The highest BCUT2D eigenvalue weighted by atomic mass is 16.1. The van der Waals surface area contributed by atoms with E-state index in [1.165, 1.54) is 44.5 Å². The van der Waals surface area contributed by atoms with E-state index >= 15 is 4.79 Å². The van der Waals surface area contributed by atoms with Gasteiger partial charge in [0.2, 0.25) is 0 Å². The Balaban J connectivity index is 1.19. The molecule has 0 radical (unpaired) electrons. The van der Waals surface area contributed by atoms with Gasteiger partial charge in [0.1, 0.15) is 0 Å². The molecule has 0 amide bonds. The van der Waals surface area contributed by atoms with Crippen molar-refractivity contribution in [3.05, 3.63) is 263 Å². The number of fused-ring (bicyclic) bond motifs is 18. The topological polar surface area (TPSA) is 25.2 Å². The first-order valence-corrected chi connectivity index (χ1v) is 22.4. The van der Waals surface area contributed by atoms with E-state index in [1.807, 2.05) is 22.8 Å². The summed E-state index contributed by atoms with van der Waals surface area (Å²) in [5.74, 6) is 0. The van der Waals surface area contributed by atoms with Crippen LogP contribution in [0.3, 0.4) is 0 Å². The van der Waals surface area contributed by atoms with Gasteiger partial charge in [-0.2, -0.15) is 0 Å². The summed E-state index contributed by atoms with van der Waals surface area (Å²) in [6, 6.07) is 83.4. The molecule has 0 unspecified atom stereocenters. The number of benzene rings is 10. The van der Waals surface area contributed by atoms with Gasteiger partial charge in [-0.3, -0.25) is 9.36 Å². The van der Waals surface area contributed by atoms with Crippen LogP contribution in [0.15, 0.2) is 235 Å². The first-order chi connectivity index (χ1) is 32.2. The summed E-state index contributed by atoms with van der Waals surface area (Å²) < 4.78 is 1.99. The molecule has 3 aliphatic rings. The van der Waals surface area contributed by atoms with Crippen molar-refractivity contribution in [2.24, 2.45) is 0 Å². The van der Waals surface area contributed by atoms with E-state index in [1.54, 1.807) is 0 Å². The molecule has 2 heterocycles. The van der Waals surface area contributed by atoms with Crippen molar-refractivity contribution < 1.29 is 0 Å². The Kier molecular flexibility index (Phi) is 7.47. The molecule has 14 rings (SSSR count). The van der Waals surface area contributed by atoms with Crippen LogP contribution < -0.4 is 10.5 Å². The molecule has 3 nitrogen and oxygen atoms in total. The summed E-state index contributed by atoms with van der Waals surface area (Å²) in [6.07, 6.45) is 0. The summed E-state index contributed by atoms with van der Waals surface area (Å²) >= 11 is 0. The van der Waals surface area contributed by atoms with E-state index in [0.717, 1.165) is 72.4 Å². The maximum absolute atomic E-state index is 15.3. The van der Waals surface area contributed by atoms with Crippen LogP contribution in [0, 0.1) is 0 Å². The zero-order chi connectivity index (χ0) is 42.8.